The molecule has 0 aromatic carbocycles. The van der Waals surface area contributed by atoms with Crippen LogP contribution in [0.4, 0.5) is 4.39 Å². The topological polar surface area (TPSA) is 3.24 Å². The van der Waals surface area contributed by atoms with Crippen molar-refractivity contribution in [3.63, 3.8) is 0 Å². The Bertz CT molecular complexity index is 98.3. The van der Waals surface area contributed by atoms with Crippen LogP contribution < -0.4 is 0 Å². The summed E-state index contributed by atoms with van der Waals surface area (Å²) < 4.78 is 12.0. The van der Waals surface area contributed by atoms with E-state index in [4.69, 9.17) is 0 Å². The average Bonchev–Trinajstić information content (AvgIpc) is 1.87. The van der Waals surface area contributed by atoms with Gasteiger partial charge in [-0.15, -0.1) is 0 Å². The summed E-state index contributed by atoms with van der Waals surface area (Å²) in [6, 6.07) is 0. The zero-order valence-electron chi connectivity index (χ0n) is 4.32. The lowest BCUT2D eigenvalue weighted by Crippen LogP contribution is -2.12. The molecule has 0 N–H and O–H groups in total. The van der Waals surface area contributed by atoms with Gasteiger partial charge < -0.3 is 0 Å². The Morgan fingerprint density at radius 2 is 2.57 bits per heavy atom. The number of nitrogens with zero attached hydrogens (tertiary/aromatic N) is 1. The van der Waals surface area contributed by atoms with E-state index in [1.54, 1.807) is 6.08 Å². The van der Waals surface area contributed by atoms with Gasteiger partial charge in [0.15, 0.2) is 0 Å². The monoisotopic (exact) mass is 101 g/mol. The minimum atomic E-state index is 0.00231. The molecule has 1 heterocycles. The quantitative estimate of drug-likeness (QED) is 0.436. The van der Waals surface area contributed by atoms with E-state index in [-0.39, 0.29) is 5.83 Å². The van der Waals surface area contributed by atoms with E-state index < -0.39 is 0 Å². The van der Waals surface area contributed by atoms with Crippen molar-refractivity contribution in [3.05, 3.63) is 11.9 Å². The summed E-state index contributed by atoms with van der Waals surface area (Å²) in [6.45, 7) is 1.27. The first-order chi connectivity index (χ1) is 3.29. The van der Waals surface area contributed by atoms with Crippen molar-refractivity contribution < 1.29 is 4.39 Å². The highest BCUT2D eigenvalue weighted by atomic mass is 19.1. The van der Waals surface area contributed by atoms with Crippen LogP contribution in [-0.4, -0.2) is 25.0 Å². The van der Waals surface area contributed by atoms with Crippen molar-refractivity contribution in [1.82, 2.24) is 4.90 Å². The Hall–Kier alpha value is -0.370. The largest absolute Gasteiger partial charge is 0.296 e. The predicted octanol–water partition coefficient (Wildman–Crippen LogP) is 0.785. The summed E-state index contributed by atoms with van der Waals surface area (Å²) in [7, 11) is 1.89. The number of likely N-dealkylation sites (N-methyl/N-ethyl adjacent to an activating group) is 1. The standard InChI is InChI=1S/C5H8FN/c1-7-3-2-5(6)4-7/h2H,3-4H2,1H3. The van der Waals surface area contributed by atoms with Crippen LogP contribution in [0.1, 0.15) is 0 Å². The SMILES string of the molecule is CN1CC=C(F)C1. The summed E-state index contributed by atoms with van der Waals surface area (Å²) in [6.07, 6.45) is 1.60. The van der Waals surface area contributed by atoms with Gasteiger partial charge in [0.2, 0.25) is 0 Å². The van der Waals surface area contributed by atoms with Gasteiger partial charge in [-0.3, -0.25) is 4.90 Å². The molecular weight excluding hydrogens is 93.1 g/mol. The van der Waals surface area contributed by atoms with Crippen molar-refractivity contribution in [3.8, 4) is 0 Å². The van der Waals surface area contributed by atoms with Crippen LogP contribution >= 0.6 is 0 Å². The van der Waals surface area contributed by atoms with Gasteiger partial charge in [-0.1, -0.05) is 0 Å². The van der Waals surface area contributed by atoms with Crippen molar-refractivity contribution in [2.45, 2.75) is 0 Å². The highest BCUT2D eigenvalue weighted by molar-refractivity contribution is 5.02. The normalized spacial score (nSPS) is 22.9. The molecule has 0 aromatic rings. The molecule has 0 atom stereocenters. The molecule has 0 unspecified atom stereocenters. The summed E-state index contributed by atoms with van der Waals surface area (Å²) in [5.41, 5.74) is 0. The van der Waals surface area contributed by atoms with Gasteiger partial charge >= 0.3 is 0 Å². The summed E-state index contributed by atoms with van der Waals surface area (Å²) in [5.74, 6) is 0.00231. The molecule has 0 radical (unpaired) electrons. The number of hydrogen-bond acceptors (Lipinski definition) is 1. The van der Waals surface area contributed by atoms with Crippen molar-refractivity contribution in [2.75, 3.05) is 20.1 Å². The molecule has 2 heteroatoms. The molecule has 40 valence electrons. The van der Waals surface area contributed by atoms with E-state index in [0.717, 1.165) is 6.54 Å². The lowest BCUT2D eigenvalue weighted by atomic mass is 10.6. The number of rotatable bonds is 0. The van der Waals surface area contributed by atoms with Gasteiger partial charge in [-0.05, 0) is 13.1 Å². The van der Waals surface area contributed by atoms with Crippen LogP contribution in [0.5, 0.6) is 0 Å². The maximum Gasteiger partial charge on any atom is 0.111 e. The molecule has 1 aliphatic rings. The summed E-state index contributed by atoms with van der Waals surface area (Å²) in [5, 5.41) is 0. The summed E-state index contributed by atoms with van der Waals surface area (Å²) >= 11 is 0. The zero-order chi connectivity index (χ0) is 5.28. The van der Waals surface area contributed by atoms with Crippen molar-refractivity contribution in [2.24, 2.45) is 0 Å². The molecule has 0 amide bonds. The lowest BCUT2D eigenvalue weighted by molar-refractivity contribution is 0.404. The Balaban J connectivity index is 2.42. The van der Waals surface area contributed by atoms with Crippen LogP contribution in [0.15, 0.2) is 11.9 Å². The van der Waals surface area contributed by atoms with Crippen LogP contribution in [-0.2, 0) is 0 Å². The van der Waals surface area contributed by atoms with E-state index in [1.807, 2.05) is 11.9 Å². The molecule has 0 fully saturated rings. The van der Waals surface area contributed by atoms with Gasteiger partial charge in [0.05, 0.1) is 0 Å². The first-order valence-electron chi connectivity index (χ1n) is 2.32. The van der Waals surface area contributed by atoms with Gasteiger partial charge in [-0.2, -0.15) is 0 Å². The van der Waals surface area contributed by atoms with Gasteiger partial charge in [0.1, 0.15) is 5.83 Å². The Labute approximate surface area is 42.4 Å². The molecule has 1 aliphatic heterocycles. The van der Waals surface area contributed by atoms with E-state index >= 15 is 0 Å². The van der Waals surface area contributed by atoms with Crippen LogP contribution in [0.2, 0.25) is 0 Å². The molecule has 0 bridgehead atoms. The molecule has 0 aliphatic carbocycles. The maximum absolute atomic E-state index is 12.0. The first-order valence-corrected chi connectivity index (χ1v) is 2.32. The minimum Gasteiger partial charge on any atom is -0.296 e. The van der Waals surface area contributed by atoms with Crippen LogP contribution in [0.3, 0.4) is 0 Å². The predicted molar refractivity (Wildman–Crippen MR) is 26.7 cm³/mol. The fourth-order valence-corrected chi connectivity index (χ4v) is 0.642. The smallest absolute Gasteiger partial charge is 0.111 e. The van der Waals surface area contributed by atoms with E-state index in [1.165, 1.54) is 0 Å². The van der Waals surface area contributed by atoms with Gasteiger partial charge in [0.25, 0.3) is 0 Å². The number of hydrogen-bond donors (Lipinski definition) is 0. The molecule has 0 aromatic heterocycles. The van der Waals surface area contributed by atoms with E-state index in [9.17, 15) is 4.39 Å². The lowest BCUT2D eigenvalue weighted by Gasteiger charge is -2.02. The highest BCUT2D eigenvalue weighted by Crippen LogP contribution is 2.05. The average molecular weight is 101 g/mol. The molecule has 0 saturated carbocycles. The van der Waals surface area contributed by atoms with Gasteiger partial charge in [-0.25, -0.2) is 4.39 Å². The molecule has 0 saturated heterocycles. The van der Waals surface area contributed by atoms with Crippen molar-refractivity contribution >= 4 is 0 Å². The maximum atomic E-state index is 12.0. The van der Waals surface area contributed by atoms with E-state index in [0.29, 0.717) is 6.54 Å². The summed E-state index contributed by atoms with van der Waals surface area (Å²) in [4.78, 5) is 1.91. The number of halogens is 1. The molecule has 7 heavy (non-hydrogen) atoms. The second-order valence-corrected chi connectivity index (χ2v) is 1.85. The first kappa shape index (κ1) is 4.78. The molecule has 1 rings (SSSR count). The minimum absolute atomic E-state index is 0.00231. The second kappa shape index (κ2) is 1.62. The third kappa shape index (κ3) is 0.996. The Morgan fingerprint density at radius 3 is 2.71 bits per heavy atom. The highest BCUT2D eigenvalue weighted by Gasteiger charge is 2.06. The van der Waals surface area contributed by atoms with Crippen molar-refractivity contribution in [1.29, 1.82) is 0 Å². The van der Waals surface area contributed by atoms with Crippen LogP contribution in [0, 0.1) is 0 Å². The fourth-order valence-electron chi connectivity index (χ4n) is 0.642. The Morgan fingerprint density at radius 1 is 1.86 bits per heavy atom. The van der Waals surface area contributed by atoms with Gasteiger partial charge in [0, 0.05) is 13.1 Å². The fraction of sp³-hybridized carbons (Fsp3) is 0.600. The third-order valence-corrected chi connectivity index (χ3v) is 1.05. The second-order valence-electron chi connectivity index (χ2n) is 1.85. The van der Waals surface area contributed by atoms with E-state index in [2.05, 4.69) is 0 Å². The molecule has 0 spiro atoms. The van der Waals surface area contributed by atoms with Crippen LogP contribution in [0.25, 0.3) is 0 Å². The third-order valence-electron chi connectivity index (χ3n) is 1.05. The Kier molecular flexibility index (Phi) is 1.11. The molecular formula is C5H8FN. The molecule has 1 nitrogen and oxygen atoms in total. The zero-order valence-corrected chi connectivity index (χ0v) is 4.32.